The van der Waals surface area contributed by atoms with Crippen molar-refractivity contribution in [3.8, 4) is 0 Å². The lowest BCUT2D eigenvalue weighted by molar-refractivity contribution is -0.203. The summed E-state index contributed by atoms with van der Waals surface area (Å²) in [6.07, 6.45) is -1.80. The van der Waals surface area contributed by atoms with Crippen LogP contribution in [0.1, 0.15) is 18.4 Å². The third-order valence-corrected chi connectivity index (χ3v) is 4.85. The molecule has 0 amide bonds. The van der Waals surface area contributed by atoms with Gasteiger partial charge in [0.25, 0.3) is 0 Å². The average Bonchev–Trinajstić information content (AvgIpc) is 2.52. The number of allylic oxidation sites excluding steroid dienone is 1. The van der Waals surface area contributed by atoms with E-state index in [1.165, 1.54) is 24.3 Å². The number of halogens is 3. The van der Waals surface area contributed by atoms with E-state index in [0.717, 1.165) is 11.6 Å². The SMILES string of the molecule is C=CC(CC/C=C/CS(=O)(=O)c1ccc(C)cc1)OC(=O)C(F)(F)F. The second kappa shape index (κ2) is 8.84. The molecule has 0 aromatic heterocycles. The second-order valence-electron chi connectivity index (χ2n) is 5.32. The largest absolute Gasteiger partial charge is 0.490 e. The molecule has 25 heavy (non-hydrogen) atoms. The fraction of sp³-hybridized carbons (Fsp3) is 0.353. The third-order valence-electron chi connectivity index (χ3n) is 3.23. The van der Waals surface area contributed by atoms with Crippen molar-refractivity contribution in [2.75, 3.05) is 5.75 Å². The second-order valence-corrected chi connectivity index (χ2v) is 7.35. The van der Waals surface area contributed by atoms with Gasteiger partial charge in [-0.3, -0.25) is 0 Å². The van der Waals surface area contributed by atoms with E-state index >= 15 is 0 Å². The lowest BCUT2D eigenvalue weighted by Gasteiger charge is -2.14. The number of ether oxygens (including phenoxy) is 1. The van der Waals surface area contributed by atoms with Crippen LogP contribution in [0, 0.1) is 6.92 Å². The number of benzene rings is 1. The quantitative estimate of drug-likeness (QED) is 0.512. The number of aryl methyl sites for hydroxylation is 1. The van der Waals surface area contributed by atoms with Gasteiger partial charge in [0.15, 0.2) is 9.84 Å². The summed E-state index contributed by atoms with van der Waals surface area (Å²) < 4.78 is 64.8. The van der Waals surface area contributed by atoms with Gasteiger partial charge in [-0.05, 0) is 31.9 Å². The molecule has 1 aromatic rings. The van der Waals surface area contributed by atoms with Crippen LogP contribution in [0.2, 0.25) is 0 Å². The highest BCUT2D eigenvalue weighted by molar-refractivity contribution is 7.91. The zero-order chi connectivity index (χ0) is 19.1. The Morgan fingerprint density at radius 1 is 1.24 bits per heavy atom. The van der Waals surface area contributed by atoms with Gasteiger partial charge in [-0.15, -0.1) is 0 Å². The van der Waals surface area contributed by atoms with Crippen LogP contribution in [0.15, 0.2) is 54.0 Å². The topological polar surface area (TPSA) is 60.4 Å². The average molecular weight is 376 g/mol. The van der Waals surface area contributed by atoms with Crippen LogP contribution < -0.4 is 0 Å². The number of alkyl halides is 3. The predicted molar refractivity (Wildman–Crippen MR) is 87.7 cm³/mol. The number of rotatable bonds is 8. The van der Waals surface area contributed by atoms with E-state index in [9.17, 15) is 26.4 Å². The van der Waals surface area contributed by atoms with Crippen molar-refractivity contribution >= 4 is 15.8 Å². The molecule has 138 valence electrons. The minimum Gasteiger partial charge on any atom is -0.451 e. The van der Waals surface area contributed by atoms with Crippen LogP contribution in [0.4, 0.5) is 13.2 Å². The molecule has 1 unspecified atom stereocenters. The Bertz CT molecular complexity index is 719. The predicted octanol–water partition coefficient (Wildman–Crippen LogP) is 3.77. The highest BCUT2D eigenvalue weighted by Crippen LogP contribution is 2.19. The molecule has 1 atom stereocenters. The minimum atomic E-state index is -5.06. The lowest BCUT2D eigenvalue weighted by atomic mass is 10.2. The van der Waals surface area contributed by atoms with Crippen LogP contribution in [-0.4, -0.2) is 32.4 Å². The highest BCUT2D eigenvalue weighted by atomic mass is 32.2. The molecule has 8 heteroatoms. The summed E-state index contributed by atoms with van der Waals surface area (Å²) in [5.41, 5.74) is 0.943. The molecule has 0 saturated carbocycles. The molecule has 4 nitrogen and oxygen atoms in total. The van der Waals surface area contributed by atoms with Gasteiger partial charge in [-0.1, -0.05) is 42.5 Å². The molecule has 0 aliphatic rings. The molecular formula is C17H19F3O4S. The van der Waals surface area contributed by atoms with Crippen LogP contribution in [-0.2, 0) is 19.4 Å². The van der Waals surface area contributed by atoms with Gasteiger partial charge >= 0.3 is 12.1 Å². The maximum Gasteiger partial charge on any atom is 0.490 e. The molecule has 1 rings (SSSR count). The zero-order valence-corrected chi connectivity index (χ0v) is 14.4. The third kappa shape index (κ3) is 7.13. The summed E-state index contributed by atoms with van der Waals surface area (Å²) in [5, 5.41) is 0. The maximum absolute atomic E-state index is 12.1. The summed E-state index contributed by atoms with van der Waals surface area (Å²) in [7, 11) is -3.46. The summed E-state index contributed by atoms with van der Waals surface area (Å²) in [6, 6.07) is 6.42. The van der Waals surface area contributed by atoms with Crippen LogP contribution >= 0.6 is 0 Å². The van der Waals surface area contributed by atoms with Crippen molar-refractivity contribution in [3.63, 3.8) is 0 Å². The first-order valence-electron chi connectivity index (χ1n) is 7.41. The fourth-order valence-electron chi connectivity index (χ4n) is 1.84. The number of hydrogen-bond donors (Lipinski definition) is 0. The highest BCUT2D eigenvalue weighted by Gasteiger charge is 2.41. The van der Waals surface area contributed by atoms with Gasteiger partial charge < -0.3 is 4.74 Å². The van der Waals surface area contributed by atoms with Gasteiger partial charge in [0.1, 0.15) is 6.10 Å². The standard InChI is InChI=1S/C17H19F3O4S/c1-3-14(24-16(21)17(18,19)20)7-5-4-6-12-25(22,23)15-10-8-13(2)9-11-15/h3-4,6,8-11,14H,1,5,7,12H2,2H3/b6-4+. The van der Waals surface area contributed by atoms with Crippen LogP contribution in [0.25, 0.3) is 0 Å². The number of hydrogen-bond acceptors (Lipinski definition) is 4. The normalized spacial score (nSPS) is 13.6. The monoisotopic (exact) mass is 376 g/mol. The van der Waals surface area contributed by atoms with Gasteiger partial charge in [0.2, 0.25) is 0 Å². The summed E-state index contributed by atoms with van der Waals surface area (Å²) >= 11 is 0. The summed E-state index contributed by atoms with van der Waals surface area (Å²) in [5.74, 6) is -2.50. The first-order valence-corrected chi connectivity index (χ1v) is 9.06. The number of carbonyl (C=O) groups excluding carboxylic acids is 1. The molecular weight excluding hydrogens is 357 g/mol. The fourth-order valence-corrected chi connectivity index (χ4v) is 2.98. The first-order chi connectivity index (χ1) is 11.6. The van der Waals surface area contributed by atoms with Gasteiger partial charge in [-0.25, -0.2) is 13.2 Å². The van der Waals surface area contributed by atoms with E-state index in [4.69, 9.17) is 0 Å². The Balaban J connectivity index is 2.50. The van der Waals surface area contributed by atoms with Crippen molar-refractivity contribution in [1.82, 2.24) is 0 Å². The number of esters is 1. The Hall–Kier alpha value is -2.09. The lowest BCUT2D eigenvalue weighted by Crippen LogP contribution is -2.29. The van der Waals surface area contributed by atoms with E-state index in [1.54, 1.807) is 12.1 Å². The summed E-state index contributed by atoms with van der Waals surface area (Å²) in [6.45, 7) is 5.16. The van der Waals surface area contributed by atoms with E-state index in [-0.39, 0.29) is 23.5 Å². The Morgan fingerprint density at radius 3 is 2.36 bits per heavy atom. The number of carbonyl (C=O) groups is 1. The van der Waals surface area contributed by atoms with E-state index in [0.29, 0.717) is 0 Å². The molecule has 0 N–H and O–H groups in total. The van der Waals surface area contributed by atoms with Crippen molar-refractivity contribution in [1.29, 1.82) is 0 Å². The molecule has 0 fully saturated rings. The van der Waals surface area contributed by atoms with E-state index < -0.39 is 28.1 Å². The van der Waals surface area contributed by atoms with Crippen LogP contribution in [0.5, 0.6) is 0 Å². The maximum atomic E-state index is 12.1. The first kappa shape index (κ1) is 21.0. The molecule has 0 radical (unpaired) electrons. The molecule has 0 spiro atoms. The number of sulfone groups is 1. The Morgan fingerprint density at radius 2 is 1.84 bits per heavy atom. The Kier molecular flexibility index (Phi) is 7.41. The van der Waals surface area contributed by atoms with Crippen molar-refractivity contribution in [3.05, 3.63) is 54.6 Å². The van der Waals surface area contributed by atoms with E-state index in [2.05, 4.69) is 11.3 Å². The van der Waals surface area contributed by atoms with Crippen molar-refractivity contribution in [2.24, 2.45) is 0 Å². The smallest absolute Gasteiger partial charge is 0.451 e. The van der Waals surface area contributed by atoms with Gasteiger partial charge in [-0.2, -0.15) is 13.2 Å². The zero-order valence-electron chi connectivity index (χ0n) is 13.6. The van der Waals surface area contributed by atoms with Crippen LogP contribution in [0.3, 0.4) is 0 Å². The Labute approximate surface area is 144 Å². The molecule has 1 aromatic carbocycles. The minimum absolute atomic E-state index is 0.0758. The molecule has 0 aliphatic heterocycles. The van der Waals surface area contributed by atoms with Crippen molar-refractivity contribution in [2.45, 2.75) is 36.9 Å². The summed E-state index contributed by atoms with van der Waals surface area (Å²) in [4.78, 5) is 10.9. The van der Waals surface area contributed by atoms with E-state index in [1.807, 2.05) is 6.92 Å². The molecule has 0 saturated heterocycles. The molecule has 0 bridgehead atoms. The van der Waals surface area contributed by atoms with Gasteiger partial charge in [0.05, 0.1) is 10.6 Å². The van der Waals surface area contributed by atoms with Gasteiger partial charge in [0, 0.05) is 0 Å². The van der Waals surface area contributed by atoms with Crippen molar-refractivity contribution < 1.29 is 31.1 Å². The molecule has 0 heterocycles. The molecule has 0 aliphatic carbocycles.